The molecular formula is C24H21F3N4O3. The second-order valence-corrected chi connectivity index (χ2v) is 7.83. The largest absolute Gasteiger partial charge is 0.490 e. The van der Waals surface area contributed by atoms with E-state index in [2.05, 4.69) is 4.98 Å². The number of anilines is 1. The molecule has 1 aliphatic heterocycles. The van der Waals surface area contributed by atoms with E-state index in [1.165, 1.54) is 18.4 Å². The molecule has 0 radical (unpaired) electrons. The van der Waals surface area contributed by atoms with Gasteiger partial charge in [0.2, 0.25) is 0 Å². The van der Waals surface area contributed by atoms with Crippen molar-refractivity contribution in [3.63, 3.8) is 0 Å². The quantitative estimate of drug-likeness (QED) is 0.554. The van der Waals surface area contributed by atoms with Crippen molar-refractivity contribution in [3.05, 3.63) is 77.5 Å². The summed E-state index contributed by atoms with van der Waals surface area (Å²) in [5.41, 5.74) is -0.665. The summed E-state index contributed by atoms with van der Waals surface area (Å²) in [7, 11) is 0. The fourth-order valence-electron chi connectivity index (χ4n) is 3.95. The first-order valence-corrected chi connectivity index (χ1v) is 10.5. The first kappa shape index (κ1) is 23.2. The number of alkyl halides is 3. The lowest BCUT2D eigenvalue weighted by Gasteiger charge is -2.42. The van der Waals surface area contributed by atoms with Crippen molar-refractivity contribution in [2.75, 3.05) is 31.1 Å². The van der Waals surface area contributed by atoms with Crippen molar-refractivity contribution in [2.45, 2.75) is 19.1 Å². The molecule has 10 heteroatoms. The summed E-state index contributed by atoms with van der Waals surface area (Å²) in [4.78, 5) is 20.6. The minimum absolute atomic E-state index is 0.118. The number of aromatic nitrogens is 1. The van der Waals surface area contributed by atoms with Gasteiger partial charge in [-0.15, -0.1) is 0 Å². The molecule has 1 saturated heterocycles. The minimum atomic E-state index is -4.65. The minimum Gasteiger partial charge on any atom is -0.490 e. The van der Waals surface area contributed by atoms with E-state index in [1.54, 1.807) is 53.4 Å². The van der Waals surface area contributed by atoms with Gasteiger partial charge >= 0.3 is 6.18 Å². The van der Waals surface area contributed by atoms with E-state index in [9.17, 15) is 18.0 Å². The van der Waals surface area contributed by atoms with Crippen LogP contribution in [0.25, 0.3) is 0 Å². The van der Waals surface area contributed by atoms with Gasteiger partial charge in [0.05, 0.1) is 41.3 Å². The Labute approximate surface area is 194 Å². The van der Waals surface area contributed by atoms with E-state index in [4.69, 9.17) is 14.4 Å². The van der Waals surface area contributed by atoms with Gasteiger partial charge in [0, 0.05) is 31.5 Å². The Morgan fingerprint density at radius 3 is 2.76 bits per heavy atom. The van der Waals surface area contributed by atoms with Crippen LogP contribution in [0.5, 0.6) is 5.75 Å². The number of furan rings is 1. The van der Waals surface area contributed by atoms with Crippen molar-refractivity contribution < 1.29 is 27.1 Å². The summed E-state index contributed by atoms with van der Waals surface area (Å²) in [6.45, 7) is 2.64. The number of carbonyl (C=O) groups excluding carboxylic acids is 1. The van der Waals surface area contributed by atoms with Crippen LogP contribution in [-0.2, 0) is 6.18 Å². The van der Waals surface area contributed by atoms with Gasteiger partial charge in [0.15, 0.2) is 0 Å². The standard InChI is InChI=1S/C24H21F3N4O3/c1-16-21(6-10-33-16)23(32)31-9-8-30(14-19(31)15-34-20-3-2-7-29-13-20)18-5-4-17(12-28)22(11-18)24(25,26)27/h2-7,10-11,13,19H,8-9,14-15H2,1H3. The molecule has 1 atom stereocenters. The third-order valence-corrected chi connectivity index (χ3v) is 5.70. The number of carbonyl (C=O) groups is 1. The molecule has 0 bridgehead atoms. The molecule has 1 fully saturated rings. The summed E-state index contributed by atoms with van der Waals surface area (Å²) in [5, 5.41) is 9.07. The smallest absolute Gasteiger partial charge is 0.417 e. The normalized spacial score (nSPS) is 16.3. The third-order valence-electron chi connectivity index (χ3n) is 5.70. The zero-order chi connectivity index (χ0) is 24.3. The molecule has 34 heavy (non-hydrogen) atoms. The highest BCUT2D eigenvalue weighted by Gasteiger charge is 2.36. The van der Waals surface area contributed by atoms with Crippen molar-refractivity contribution >= 4 is 11.6 Å². The van der Waals surface area contributed by atoms with Crippen LogP contribution < -0.4 is 9.64 Å². The zero-order valence-electron chi connectivity index (χ0n) is 18.2. The molecule has 1 amide bonds. The van der Waals surface area contributed by atoms with Gasteiger partial charge in [0.25, 0.3) is 5.91 Å². The van der Waals surface area contributed by atoms with Crippen molar-refractivity contribution in [1.82, 2.24) is 9.88 Å². The summed E-state index contributed by atoms with van der Waals surface area (Å²) >= 11 is 0. The maximum atomic E-state index is 13.5. The first-order valence-electron chi connectivity index (χ1n) is 10.5. The van der Waals surface area contributed by atoms with Crippen LogP contribution in [0, 0.1) is 18.3 Å². The maximum absolute atomic E-state index is 13.5. The van der Waals surface area contributed by atoms with Crippen LogP contribution in [-0.4, -0.2) is 48.1 Å². The van der Waals surface area contributed by atoms with E-state index < -0.39 is 23.3 Å². The van der Waals surface area contributed by atoms with Gasteiger partial charge in [-0.05, 0) is 43.3 Å². The molecular weight excluding hydrogens is 449 g/mol. The number of nitrogens with zero attached hydrogens (tertiary/aromatic N) is 4. The number of aryl methyl sites for hydroxylation is 1. The van der Waals surface area contributed by atoms with Gasteiger partial charge in [-0.25, -0.2) is 0 Å². The lowest BCUT2D eigenvalue weighted by molar-refractivity contribution is -0.137. The maximum Gasteiger partial charge on any atom is 0.417 e. The van der Waals surface area contributed by atoms with Gasteiger partial charge in [0.1, 0.15) is 18.1 Å². The monoisotopic (exact) mass is 470 g/mol. The number of ether oxygens (including phenoxy) is 1. The van der Waals surface area contributed by atoms with E-state index >= 15 is 0 Å². The number of pyridine rings is 1. The van der Waals surface area contributed by atoms with Crippen LogP contribution in [0.15, 0.2) is 59.5 Å². The molecule has 3 aromatic rings. The van der Waals surface area contributed by atoms with Crippen LogP contribution in [0.1, 0.15) is 27.2 Å². The van der Waals surface area contributed by atoms with Gasteiger partial charge < -0.3 is 19.0 Å². The number of halogens is 3. The molecule has 1 unspecified atom stereocenters. The molecule has 7 nitrogen and oxygen atoms in total. The van der Waals surface area contributed by atoms with Gasteiger partial charge in [-0.1, -0.05) is 0 Å². The van der Waals surface area contributed by atoms with E-state index in [0.717, 1.165) is 6.07 Å². The molecule has 0 saturated carbocycles. The second-order valence-electron chi connectivity index (χ2n) is 7.83. The average molecular weight is 470 g/mol. The fourth-order valence-corrected chi connectivity index (χ4v) is 3.95. The number of rotatable bonds is 5. The molecule has 4 rings (SSSR count). The fraction of sp³-hybridized carbons (Fsp3) is 0.292. The third kappa shape index (κ3) is 4.83. The number of benzene rings is 1. The number of hydrogen-bond acceptors (Lipinski definition) is 6. The first-order chi connectivity index (χ1) is 16.3. The zero-order valence-corrected chi connectivity index (χ0v) is 18.2. The number of piperazine rings is 1. The Bertz CT molecular complexity index is 1200. The lowest BCUT2D eigenvalue weighted by atomic mass is 10.0. The van der Waals surface area contributed by atoms with Crippen LogP contribution in [0.4, 0.5) is 18.9 Å². The van der Waals surface area contributed by atoms with E-state index in [1.807, 2.05) is 0 Å². The Kier molecular flexibility index (Phi) is 6.45. The summed E-state index contributed by atoms with van der Waals surface area (Å²) < 4.78 is 51.5. The summed E-state index contributed by atoms with van der Waals surface area (Å²) in [6, 6.07) is 9.83. The predicted octanol–water partition coefficient (Wildman–Crippen LogP) is 4.28. The van der Waals surface area contributed by atoms with Crippen LogP contribution in [0.2, 0.25) is 0 Å². The number of hydrogen-bond donors (Lipinski definition) is 0. The Balaban J connectivity index is 1.60. The predicted molar refractivity (Wildman–Crippen MR) is 116 cm³/mol. The SMILES string of the molecule is Cc1occc1C(=O)N1CCN(c2ccc(C#N)c(C(F)(F)F)c2)CC1COc1cccnc1. The highest BCUT2D eigenvalue weighted by Crippen LogP contribution is 2.35. The Hall–Kier alpha value is -4.00. The molecule has 0 aliphatic carbocycles. The lowest BCUT2D eigenvalue weighted by Crippen LogP contribution is -2.57. The highest BCUT2D eigenvalue weighted by atomic mass is 19.4. The summed E-state index contributed by atoms with van der Waals surface area (Å²) in [5.74, 6) is 0.770. The Morgan fingerprint density at radius 1 is 1.29 bits per heavy atom. The summed E-state index contributed by atoms with van der Waals surface area (Å²) in [6.07, 6.45) is -0.0606. The van der Waals surface area contributed by atoms with E-state index in [0.29, 0.717) is 29.3 Å². The molecule has 3 heterocycles. The number of nitriles is 1. The highest BCUT2D eigenvalue weighted by molar-refractivity contribution is 5.95. The molecule has 1 aromatic carbocycles. The average Bonchev–Trinajstić information content (AvgIpc) is 3.27. The molecule has 2 aromatic heterocycles. The topological polar surface area (TPSA) is 82.6 Å². The van der Waals surface area contributed by atoms with Gasteiger partial charge in [-0.3, -0.25) is 9.78 Å². The molecule has 1 aliphatic rings. The van der Waals surface area contributed by atoms with Crippen LogP contribution >= 0.6 is 0 Å². The van der Waals surface area contributed by atoms with Crippen molar-refractivity contribution in [2.24, 2.45) is 0 Å². The molecule has 0 spiro atoms. The van der Waals surface area contributed by atoms with E-state index in [-0.39, 0.29) is 25.6 Å². The number of amides is 1. The van der Waals surface area contributed by atoms with Gasteiger partial charge in [-0.2, -0.15) is 18.4 Å². The van der Waals surface area contributed by atoms with Crippen molar-refractivity contribution in [1.29, 1.82) is 5.26 Å². The molecule has 176 valence electrons. The Morgan fingerprint density at radius 2 is 2.12 bits per heavy atom. The molecule has 0 N–H and O–H groups in total. The van der Waals surface area contributed by atoms with Crippen LogP contribution in [0.3, 0.4) is 0 Å². The van der Waals surface area contributed by atoms with Crippen molar-refractivity contribution in [3.8, 4) is 11.8 Å². The second kappa shape index (κ2) is 9.47.